The maximum Gasteiger partial charge on any atom is 0.0575 e. The van der Waals surface area contributed by atoms with E-state index in [9.17, 15) is 0 Å². The Morgan fingerprint density at radius 2 is 2.00 bits per heavy atom. The molecule has 0 aliphatic carbocycles. The van der Waals surface area contributed by atoms with E-state index in [2.05, 4.69) is 6.92 Å². The van der Waals surface area contributed by atoms with Crippen molar-refractivity contribution in [2.75, 3.05) is 0 Å². The van der Waals surface area contributed by atoms with Crippen molar-refractivity contribution in [1.82, 2.24) is 0 Å². The Balaban J connectivity index is 2.68. The first-order valence-corrected chi connectivity index (χ1v) is 2.78. The molecular formula is C5H10B2. The lowest BCUT2D eigenvalue weighted by Crippen LogP contribution is -1.88. The standard InChI is InChI=1S/C5H10B2/c1-2-3-4-5(6)7/h5H,2-4H2,1H3. The minimum Gasteiger partial charge on any atom is -0.110 e. The van der Waals surface area contributed by atoms with Crippen molar-refractivity contribution in [2.24, 2.45) is 0 Å². The molecule has 0 N–H and O–H groups in total. The van der Waals surface area contributed by atoms with Crippen LogP contribution in [-0.2, 0) is 0 Å². The highest BCUT2D eigenvalue weighted by Crippen LogP contribution is 2.03. The van der Waals surface area contributed by atoms with Gasteiger partial charge in [-0.3, -0.25) is 0 Å². The number of hydrogen-bond acceptors (Lipinski definition) is 0. The number of hydrogen-bond donors (Lipinski definition) is 0. The maximum absolute atomic E-state index is 5.26. The van der Waals surface area contributed by atoms with Crippen LogP contribution < -0.4 is 0 Å². The Bertz CT molecular complexity index is 35.1. The van der Waals surface area contributed by atoms with Crippen LogP contribution in [-0.4, -0.2) is 15.7 Å². The summed E-state index contributed by atoms with van der Waals surface area (Å²) in [4.78, 5) is 0. The molecule has 0 aliphatic rings. The van der Waals surface area contributed by atoms with Gasteiger partial charge in [0, 0.05) is 0 Å². The van der Waals surface area contributed by atoms with Gasteiger partial charge in [-0.1, -0.05) is 26.2 Å². The van der Waals surface area contributed by atoms with Crippen molar-refractivity contribution in [1.29, 1.82) is 0 Å². The highest BCUT2D eigenvalue weighted by Gasteiger charge is 1.88. The summed E-state index contributed by atoms with van der Waals surface area (Å²) in [7, 11) is 10.5. The van der Waals surface area contributed by atoms with Crippen molar-refractivity contribution >= 4 is 15.7 Å². The molecule has 2 heteroatoms. The lowest BCUT2D eigenvalue weighted by molar-refractivity contribution is 0.752. The van der Waals surface area contributed by atoms with E-state index in [0.717, 1.165) is 12.8 Å². The van der Waals surface area contributed by atoms with E-state index >= 15 is 0 Å². The van der Waals surface area contributed by atoms with Crippen molar-refractivity contribution in [2.45, 2.75) is 31.9 Å². The van der Waals surface area contributed by atoms with Gasteiger partial charge in [-0.2, -0.15) is 0 Å². The van der Waals surface area contributed by atoms with Gasteiger partial charge in [0.1, 0.15) is 0 Å². The second-order valence-electron chi connectivity index (χ2n) is 1.81. The first-order chi connectivity index (χ1) is 3.27. The Labute approximate surface area is 48.5 Å². The zero-order valence-electron chi connectivity index (χ0n) is 4.85. The van der Waals surface area contributed by atoms with Gasteiger partial charge in [0.2, 0.25) is 0 Å². The van der Waals surface area contributed by atoms with Crippen LogP contribution in [0, 0.1) is 0 Å². The van der Waals surface area contributed by atoms with E-state index in [-0.39, 0.29) is 5.72 Å². The third-order valence-electron chi connectivity index (χ3n) is 0.891. The SMILES string of the molecule is [B]C([B])CCCC. The molecule has 0 aliphatic heterocycles. The summed E-state index contributed by atoms with van der Waals surface area (Å²) in [5.74, 6) is 0. The van der Waals surface area contributed by atoms with E-state index in [1.165, 1.54) is 6.42 Å². The maximum atomic E-state index is 5.26. The van der Waals surface area contributed by atoms with Crippen LogP contribution in [0.5, 0.6) is 0 Å². The Kier molecular flexibility index (Phi) is 4.37. The molecule has 0 atom stereocenters. The molecule has 0 nitrogen and oxygen atoms in total. The van der Waals surface area contributed by atoms with Crippen LogP contribution in [0.3, 0.4) is 0 Å². The van der Waals surface area contributed by atoms with E-state index in [0.29, 0.717) is 0 Å². The number of unbranched alkanes of at least 4 members (excludes halogenated alkanes) is 1. The quantitative estimate of drug-likeness (QED) is 0.459. The van der Waals surface area contributed by atoms with Crippen LogP contribution >= 0.6 is 0 Å². The molecule has 0 rings (SSSR count). The van der Waals surface area contributed by atoms with Gasteiger partial charge in [0.15, 0.2) is 0 Å². The molecule has 36 valence electrons. The van der Waals surface area contributed by atoms with Gasteiger partial charge < -0.3 is 0 Å². The molecule has 0 saturated carbocycles. The van der Waals surface area contributed by atoms with Crippen LogP contribution in [0.15, 0.2) is 0 Å². The third kappa shape index (κ3) is 6.13. The fraction of sp³-hybridized carbons (Fsp3) is 1.00. The largest absolute Gasteiger partial charge is 0.110 e. The molecule has 7 heavy (non-hydrogen) atoms. The predicted molar refractivity (Wildman–Crippen MR) is 34.8 cm³/mol. The van der Waals surface area contributed by atoms with Gasteiger partial charge in [0.25, 0.3) is 0 Å². The first-order valence-electron chi connectivity index (χ1n) is 2.78. The average molecular weight is 91.8 g/mol. The topological polar surface area (TPSA) is 0 Å². The third-order valence-corrected chi connectivity index (χ3v) is 0.891. The minimum atomic E-state index is -0.0973. The van der Waals surface area contributed by atoms with Crippen LogP contribution in [0.4, 0.5) is 0 Å². The lowest BCUT2D eigenvalue weighted by atomic mass is 9.68. The molecular weight excluding hydrogens is 81.7 g/mol. The van der Waals surface area contributed by atoms with Crippen molar-refractivity contribution in [3.05, 3.63) is 0 Å². The van der Waals surface area contributed by atoms with Crippen molar-refractivity contribution in [3.63, 3.8) is 0 Å². The van der Waals surface area contributed by atoms with Gasteiger partial charge in [0.05, 0.1) is 15.7 Å². The number of rotatable bonds is 3. The Morgan fingerprint density at radius 1 is 1.43 bits per heavy atom. The van der Waals surface area contributed by atoms with Gasteiger partial charge >= 0.3 is 0 Å². The molecule has 0 aromatic heterocycles. The summed E-state index contributed by atoms with van der Waals surface area (Å²) in [6.45, 7) is 2.13. The molecule has 0 aromatic carbocycles. The average Bonchev–Trinajstić information content (AvgIpc) is 1.61. The summed E-state index contributed by atoms with van der Waals surface area (Å²) in [6.07, 6.45) is 3.29. The van der Waals surface area contributed by atoms with Crippen molar-refractivity contribution < 1.29 is 0 Å². The molecule has 0 aromatic rings. The van der Waals surface area contributed by atoms with Crippen LogP contribution in [0.25, 0.3) is 0 Å². The highest BCUT2D eigenvalue weighted by molar-refractivity contribution is 6.35. The lowest BCUT2D eigenvalue weighted by Gasteiger charge is -1.99. The molecule has 4 radical (unpaired) electrons. The fourth-order valence-electron chi connectivity index (χ4n) is 0.440. The summed E-state index contributed by atoms with van der Waals surface area (Å²) < 4.78 is 0. The highest BCUT2D eigenvalue weighted by atomic mass is 13.8. The molecule has 0 heterocycles. The van der Waals surface area contributed by atoms with Crippen molar-refractivity contribution in [3.8, 4) is 0 Å². The molecule has 0 spiro atoms. The normalized spacial score (nSPS) is 10.0. The molecule has 0 fully saturated rings. The molecule has 0 unspecified atom stereocenters. The van der Waals surface area contributed by atoms with E-state index < -0.39 is 0 Å². The fourth-order valence-corrected chi connectivity index (χ4v) is 0.440. The summed E-state index contributed by atoms with van der Waals surface area (Å²) >= 11 is 0. The summed E-state index contributed by atoms with van der Waals surface area (Å²) in [5.41, 5.74) is -0.0973. The first kappa shape index (κ1) is 7.13. The molecule has 0 saturated heterocycles. The summed E-state index contributed by atoms with van der Waals surface area (Å²) in [5, 5.41) is 0. The van der Waals surface area contributed by atoms with E-state index in [4.69, 9.17) is 15.7 Å². The minimum absolute atomic E-state index is 0.0973. The Hall–Kier alpha value is 0.130. The van der Waals surface area contributed by atoms with Gasteiger partial charge in [-0.05, 0) is 0 Å². The van der Waals surface area contributed by atoms with Crippen LogP contribution in [0.1, 0.15) is 26.2 Å². The van der Waals surface area contributed by atoms with Gasteiger partial charge in [-0.25, -0.2) is 0 Å². The predicted octanol–water partition coefficient (Wildman–Crippen LogP) is 1.26. The molecule has 0 bridgehead atoms. The smallest absolute Gasteiger partial charge is 0.0575 e. The van der Waals surface area contributed by atoms with E-state index in [1.54, 1.807) is 0 Å². The summed E-state index contributed by atoms with van der Waals surface area (Å²) in [6, 6.07) is 0. The zero-order chi connectivity index (χ0) is 5.70. The zero-order valence-corrected chi connectivity index (χ0v) is 4.85. The Morgan fingerprint density at radius 3 is 2.14 bits per heavy atom. The molecule has 0 amide bonds. The van der Waals surface area contributed by atoms with E-state index in [1.807, 2.05) is 0 Å². The van der Waals surface area contributed by atoms with Crippen LogP contribution in [0.2, 0.25) is 5.72 Å². The second kappa shape index (κ2) is 4.29. The van der Waals surface area contributed by atoms with Gasteiger partial charge in [-0.15, -0.1) is 5.72 Å². The monoisotopic (exact) mass is 92.1 g/mol. The second-order valence-corrected chi connectivity index (χ2v) is 1.81.